The average Bonchev–Trinajstić information content (AvgIpc) is 2.14. The molecule has 0 saturated carbocycles. The summed E-state index contributed by atoms with van der Waals surface area (Å²) in [5.41, 5.74) is 0. The summed E-state index contributed by atoms with van der Waals surface area (Å²) in [7, 11) is -3.59. The van der Waals surface area contributed by atoms with Crippen LogP contribution in [0.4, 0.5) is 0 Å². The fraction of sp³-hybridized carbons (Fsp3) is 0.857. The van der Waals surface area contributed by atoms with Crippen molar-refractivity contribution in [2.24, 2.45) is 5.14 Å². The Kier molecular flexibility index (Phi) is 4.03. The van der Waals surface area contributed by atoms with Crippen LogP contribution in [0.1, 0.15) is 6.42 Å². The molecule has 3 N–H and O–H groups in total. The smallest absolute Gasteiger partial charge is 0.304 e. The van der Waals surface area contributed by atoms with Gasteiger partial charge in [0.05, 0.1) is 6.42 Å². The number of carboxylic acids is 1. The van der Waals surface area contributed by atoms with Crippen molar-refractivity contribution < 1.29 is 18.3 Å². The zero-order valence-corrected chi connectivity index (χ0v) is 9.11. The highest BCUT2D eigenvalue weighted by Gasteiger charge is 2.23. The third kappa shape index (κ3) is 4.12. The fourth-order valence-electron chi connectivity index (χ4n) is 1.46. The Hall–Kier alpha value is -0.700. The van der Waals surface area contributed by atoms with Gasteiger partial charge in [0, 0.05) is 32.7 Å². The van der Waals surface area contributed by atoms with Gasteiger partial charge in [-0.2, -0.15) is 12.7 Å². The molecule has 1 rings (SSSR count). The summed E-state index contributed by atoms with van der Waals surface area (Å²) in [5.74, 6) is -0.844. The minimum Gasteiger partial charge on any atom is -0.481 e. The van der Waals surface area contributed by atoms with Gasteiger partial charge in [-0.15, -0.1) is 0 Å². The number of hydrogen-bond acceptors (Lipinski definition) is 4. The van der Waals surface area contributed by atoms with Crippen LogP contribution in [0.2, 0.25) is 0 Å². The van der Waals surface area contributed by atoms with Crippen molar-refractivity contribution in [3.63, 3.8) is 0 Å². The van der Waals surface area contributed by atoms with Gasteiger partial charge in [-0.05, 0) is 0 Å². The molecule has 0 aromatic carbocycles. The summed E-state index contributed by atoms with van der Waals surface area (Å²) in [5, 5.41) is 13.4. The van der Waals surface area contributed by atoms with Gasteiger partial charge >= 0.3 is 5.97 Å². The van der Waals surface area contributed by atoms with E-state index < -0.39 is 16.2 Å². The molecule has 0 unspecified atom stereocenters. The molecule has 0 bridgehead atoms. The zero-order chi connectivity index (χ0) is 11.5. The summed E-state index contributed by atoms with van der Waals surface area (Å²) in [6.07, 6.45) is 0.0787. The number of aliphatic carboxylic acids is 1. The van der Waals surface area contributed by atoms with E-state index in [4.69, 9.17) is 10.2 Å². The average molecular weight is 237 g/mol. The molecule has 0 aromatic heterocycles. The van der Waals surface area contributed by atoms with E-state index in [2.05, 4.69) is 0 Å². The van der Waals surface area contributed by atoms with Crippen molar-refractivity contribution in [2.75, 3.05) is 32.7 Å². The maximum absolute atomic E-state index is 11.0. The molecule has 0 atom stereocenters. The SMILES string of the molecule is NS(=O)(=O)N1CCN(CCC(=O)O)CC1. The number of rotatable bonds is 4. The first-order valence-corrected chi connectivity index (χ1v) is 6.12. The van der Waals surface area contributed by atoms with Gasteiger partial charge < -0.3 is 10.0 Å². The molecule has 0 radical (unpaired) electrons. The first-order chi connectivity index (χ1) is 6.89. The minimum absolute atomic E-state index is 0.0787. The maximum atomic E-state index is 11.0. The number of piperazine rings is 1. The lowest BCUT2D eigenvalue weighted by Gasteiger charge is -2.32. The van der Waals surface area contributed by atoms with Crippen molar-refractivity contribution in [1.29, 1.82) is 0 Å². The van der Waals surface area contributed by atoms with E-state index in [1.165, 1.54) is 4.31 Å². The molecule has 0 amide bonds. The van der Waals surface area contributed by atoms with Gasteiger partial charge in [-0.25, -0.2) is 5.14 Å². The second-order valence-corrected chi connectivity index (χ2v) is 4.98. The number of nitrogens with two attached hydrogens (primary N) is 1. The van der Waals surface area contributed by atoms with Crippen LogP contribution in [-0.4, -0.2) is 61.4 Å². The van der Waals surface area contributed by atoms with Crippen LogP contribution in [0.5, 0.6) is 0 Å². The Balaban J connectivity index is 2.33. The van der Waals surface area contributed by atoms with E-state index >= 15 is 0 Å². The highest BCUT2D eigenvalue weighted by atomic mass is 32.2. The van der Waals surface area contributed by atoms with Gasteiger partial charge in [-0.3, -0.25) is 4.79 Å². The molecule has 88 valence electrons. The fourth-order valence-corrected chi connectivity index (χ4v) is 2.13. The normalized spacial score (nSPS) is 20.3. The Morgan fingerprint density at radius 3 is 2.20 bits per heavy atom. The Bertz CT molecular complexity index is 321. The monoisotopic (exact) mass is 237 g/mol. The molecule has 1 aliphatic heterocycles. The van der Waals surface area contributed by atoms with Crippen molar-refractivity contribution in [3.05, 3.63) is 0 Å². The molecular weight excluding hydrogens is 222 g/mol. The van der Waals surface area contributed by atoms with Crippen LogP contribution >= 0.6 is 0 Å². The maximum Gasteiger partial charge on any atom is 0.304 e. The van der Waals surface area contributed by atoms with E-state index in [1.807, 2.05) is 4.90 Å². The molecule has 7 nitrogen and oxygen atoms in total. The van der Waals surface area contributed by atoms with Crippen molar-refractivity contribution in [3.8, 4) is 0 Å². The first kappa shape index (κ1) is 12.4. The van der Waals surface area contributed by atoms with Gasteiger partial charge in [-0.1, -0.05) is 0 Å². The standard InChI is InChI=1S/C7H15N3O4S/c8-15(13,14)10-5-3-9(4-6-10)2-1-7(11)12/h1-6H2,(H,11,12)(H2,8,13,14). The molecule has 0 spiro atoms. The summed E-state index contributed by atoms with van der Waals surface area (Å²) in [4.78, 5) is 12.2. The third-order valence-electron chi connectivity index (χ3n) is 2.33. The van der Waals surface area contributed by atoms with Gasteiger partial charge in [0.25, 0.3) is 10.2 Å². The summed E-state index contributed by atoms with van der Waals surface area (Å²) in [6, 6.07) is 0. The van der Waals surface area contributed by atoms with Crippen LogP contribution < -0.4 is 5.14 Å². The second-order valence-electron chi connectivity index (χ2n) is 3.43. The summed E-state index contributed by atoms with van der Waals surface area (Å²) >= 11 is 0. The lowest BCUT2D eigenvalue weighted by molar-refractivity contribution is -0.137. The molecule has 1 fully saturated rings. The first-order valence-electron chi connectivity index (χ1n) is 4.61. The molecule has 0 aromatic rings. The van der Waals surface area contributed by atoms with E-state index in [9.17, 15) is 13.2 Å². The van der Waals surface area contributed by atoms with Gasteiger partial charge in [0.1, 0.15) is 0 Å². The van der Waals surface area contributed by atoms with Crippen LogP contribution in [0.25, 0.3) is 0 Å². The topological polar surface area (TPSA) is 104 Å². The molecule has 1 saturated heterocycles. The number of nitrogens with zero attached hydrogens (tertiary/aromatic N) is 2. The lowest BCUT2D eigenvalue weighted by atomic mass is 10.3. The molecule has 0 aliphatic carbocycles. The van der Waals surface area contributed by atoms with Crippen LogP contribution in [0.15, 0.2) is 0 Å². The number of hydrogen-bond donors (Lipinski definition) is 2. The van der Waals surface area contributed by atoms with Crippen molar-refractivity contribution in [2.45, 2.75) is 6.42 Å². The van der Waals surface area contributed by atoms with E-state index in [0.29, 0.717) is 32.7 Å². The Labute approximate surface area is 88.6 Å². The van der Waals surface area contributed by atoms with Gasteiger partial charge in [0.2, 0.25) is 0 Å². The third-order valence-corrected chi connectivity index (χ3v) is 3.42. The van der Waals surface area contributed by atoms with Crippen LogP contribution in [0, 0.1) is 0 Å². The number of carboxylic acid groups (broad SMARTS) is 1. The molecule has 1 aliphatic rings. The quantitative estimate of drug-likeness (QED) is 0.605. The molecule has 15 heavy (non-hydrogen) atoms. The largest absolute Gasteiger partial charge is 0.481 e. The summed E-state index contributed by atoms with van der Waals surface area (Å²) in [6.45, 7) is 2.18. The highest BCUT2D eigenvalue weighted by Crippen LogP contribution is 2.04. The zero-order valence-electron chi connectivity index (χ0n) is 8.29. The molecular formula is C7H15N3O4S. The van der Waals surface area contributed by atoms with E-state index in [0.717, 1.165) is 0 Å². The number of carbonyl (C=O) groups is 1. The van der Waals surface area contributed by atoms with Crippen LogP contribution in [0.3, 0.4) is 0 Å². The lowest BCUT2D eigenvalue weighted by Crippen LogP contribution is -2.50. The molecule has 8 heteroatoms. The van der Waals surface area contributed by atoms with Crippen LogP contribution in [-0.2, 0) is 15.0 Å². The second kappa shape index (κ2) is 4.88. The van der Waals surface area contributed by atoms with Gasteiger partial charge in [0.15, 0.2) is 0 Å². The van der Waals surface area contributed by atoms with E-state index in [1.54, 1.807) is 0 Å². The minimum atomic E-state index is -3.59. The van der Waals surface area contributed by atoms with Crippen molar-refractivity contribution >= 4 is 16.2 Å². The predicted octanol–water partition coefficient (Wildman–Crippen LogP) is -1.72. The Morgan fingerprint density at radius 2 is 1.80 bits per heavy atom. The van der Waals surface area contributed by atoms with E-state index in [-0.39, 0.29) is 6.42 Å². The Morgan fingerprint density at radius 1 is 1.27 bits per heavy atom. The summed E-state index contributed by atoms with van der Waals surface area (Å²) < 4.78 is 23.1. The molecule has 1 heterocycles. The van der Waals surface area contributed by atoms with Crippen molar-refractivity contribution in [1.82, 2.24) is 9.21 Å². The predicted molar refractivity (Wildman–Crippen MR) is 53.4 cm³/mol. The highest BCUT2D eigenvalue weighted by molar-refractivity contribution is 7.86.